The number of nitrogens with one attached hydrogen (secondary N) is 1. The fourth-order valence-corrected chi connectivity index (χ4v) is 1.50. The van der Waals surface area contributed by atoms with Gasteiger partial charge in [0.1, 0.15) is 0 Å². The molecule has 1 atom stereocenters. The van der Waals surface area contributed by atoms with Crippen LogP contribution in [0.1, 0.15) is 0 Å². The van der Waals surface area contributed by atoms with Crippen molar-refractivity contribution in [2.24, 2.45) is 0 Å². The molecule has 1 fully saturated rings. The van der Waals surface area contributed by atoms with Crippen LogP contribution in [0.2, 0.25) is 0 Å². The second-order valence-corrected chi connectivity index (χ2v) is 3.12. The lowest BCUT2D eigenvalue weighted by Gasteiger charge is -1.96. The molecular formula is C3H7NO4S. The SMILES string of the molecule is O=S1(=O)NC(CO)CO1. The van der Waals surface area contributed by atoms with Crippen molar-refractivity contribution in [1.29, 1.82) is 0 Å². The Balaban J connectivity index is 2.58. The molecule has 0 aromatic carbocycles. The van der Waals surface area contributed by atoms with Gasteiger partial charge in [0.15, 0.2) is 0 Å². The first-order valence-corrected chi connectivity index (χ1v) is 3.82. The third-order valence-electron chi connectivity index (χ3n) is 0.956. The second kappa shape index (κ2) is 2.22. The smallest absolute Gasteiger partial charge is 0.336 e. The lowest BCUT2D eigenvalue weighted by Crippen LogP contribution is -2.29. The highest BCUT2D eigenvalue weighted by Gasteiger charge is 2.26. The van der Waals surface area contributed by atoms with Gasteiger partial charge in [0.05, 0.1) is 19.3 Å². The van der Waals surface area contributed by atoms with Crippen LogP contribution < -0.4 is 4.72 Å². The van der Waals surface area contributed by atoms with Crippen molar-refractivity contribution in [3.63, 3.8) is 0 Å². The molecule has 0 spiro atoms. The molecule has 0 aromatic rings. The first-order chi connectivity index (χ1) is 4.14. The van der Waals surface area contributed by atoms with E-state index in [0.29, 0.717) is 0 Å². The standard InChI is InChI=1S/C3H7NO4S/c5-1-3-2-8-9(6,7)4-3/h3-5H,1-2H2. The van der Waals surface area contributed by atoms with Crippen LogP contribution in [-0.4, -0.2) is 32.8 Å². The topological polar surface area (TPSA) is 75.6 Å². The summed E-state index contributed by atoms with van der Waals surface area (Å²) in [6.07, 6.45) is 0. The molecule has 0 bridgehead atoms. The zero-order valence-corrected chi connectivity index (χ0v) is 5.39. The third kappa shape index (κ3) is 1.62. The summed E-state index contributed by atoms with van der Waals surface area (Å²) in [6, 6.07) is -0.463. The minimum absolute atomic E-state index is 0.0266. The van der Waals surface area contributed by atoms with Crippen LogP contribution in [0.4, 0.5) is 0 Å². The third-order valence-corrected chi connectivity index (χ3v) is 2.02. The second-order valence-electron chi connectivity index (χ2n) is 1.74. The Morgan fingerprint density at radius 2 is 2.44 bits per heavy atom. The van der Waals surface area contributed by atoms with E-state index in [2.05, 4.69) is 8.91 Å². The Kier molecular flexibility index (Phi) is 1.71. The van der Waals surface area contributed by atoms with Crippen LogP contribution in [0.15, 0.2) is 0 Å². The lowest BCUT2D eigenvalue weighted by molar-refractivity contribution is 0.232. The lowest BCUT2D eigenvalue weighted by atomic mass is 10.4. The molecule has 1 rings (SSSR count). The fourth-order valence-electron chi connectivity index (χ4n) is 0.534. The minimum atomic E-state index is -3.52. The Bertz CT molecular complexity index is 186. The monoisotopic (exact) mass is 153 g/mol. The molecule has 6 heteroatoms. The number of hydrogen-bond acceptors (Lipinski definition) is 4. The van der Waals surface area contributed by atoms with Crippen molar-refractivity contribution in [3.05, 3.63) is 0 Å². The van der Waals surface area contributed by atoms with Gasteiger partial charge in [-0.05, 0) is 0 Å². The Labute approximate surface area is 52.9 Å². The van der Waals surface area contributed by atoms with E-state index in [1.165, 1.54) is 0 Å². The van der Waals surface area contributed by atoms with Crippen molar-refractivity contribution in [3.8, 4) is 0 Å². The van der Waals surface area contributed by atoms with Crippen LogP contribution in [0, 0.1) is 0 Å². The molecule has 2 N–H and O–H groups in total. The summed E-state index contributed by atoms with van der Waals surface area (Å²) in [4.78, 5) is 0. The van der Waals surface area contributed by atoms with Gasteiger partial charge < -0.3 is 5.11 Å². The summed E-state index contributed by atoms with van der Waals surface area (Å²) >= 11 is 0. The predicted octanol–water partition coefficient (Wildman–Crippen LogP) is -1.79. The molecule has 0 radical (unpaired) electrons. The molecule has 54 valence electrons. The van der Waals surface area contributed by atoms with Crippen molar-refractivity contribution >= 4 is 10.3 Å². The molecule has 0 aromatic heterocycles. The van der Waals surface area contributed by atoms with E-state index in [0.717, 1.165) is 0 Å². The summed E-state index contributed by atoms with van der Waals surface area (Å²) in [5, 5.41) is 8.39. The van der Waals surface area contributed by atoms with E-state index >= 15 is 0 Å². The first kappa shape index (κ1) is 6.94. The van der Waals surface area contributed by atoms with E-state index < -0.39 is 16.3 Å². The summed E-state index contributed by atoms with van der Waals surface area (Å²) < 4.78 is 27.0. The Morgan fingerprint density at radius 1 is 1.78 bits per heavy atom. The zero-order valence-electron chi connectivity index (χ0n) is 4.57. The zero-order chi connectivity index (χ0) is 6.91. The maximum atomic E-state index is 10.4. The van der Waals surface area contributed by atoms with E-state index in [-0.39, 0.29) is 13.2 Å². The van der Waals surface area contributed by atoms with Gasteiger partial charge in [-0.15, -0.1) is 0 Å². The van der Waals surface area contributed by atoms with Gasteiger partial charge in [-0.1, -0.05) is 0 Å². The Hall–Kier alpha value is -0.170. The van der Waals surface area contributed by atoms with E-state index in [4.69, 9.17) is 5.11 Å². The normalized spacial score (nSPS) is 32.8. The van der Waals surface area contributed by atoms with Crippen molar-refractivity contribution in [2.45, 2.75) is 6.04 Å². The predicted molar refractivity (Wildman–Crippen MR) is 28.9 cm³/mol. The number of aliphatic hydroxyl groups is 1. The number of aliphatic hydroxyl groups excluding tert-OH is 1. The van der Waals surface area contributed by atoms with Crippen molar-refractivity contribution < 1.29 is 17.7 Å². The molecule has 1 aliphatic heterocycles. The van der Waals surface area contributed by atoms with Gasteiger partial charge in [0.2, 0.25) is 0 Å². The highest BCUT2D eigenvalue weighted by Crippen LogP contribution is 2.01. The van der Waals surface area contributed by atoms with E-state index in [9.17, 15) is 8.42 Å². The Morgan fingerprint density at radius 3 is 2.67 bits per heavy atom. The van der Waals surface area contributed by atoms with E-state index in [1.807, 2.05) is 0 Å². The van der Waals surface area contributed by atoms with Crippen LogP contribution >= 0.6 is 0 Å². The molecule has 1 saturated heterocycles. The van der Waals surface area contributed by atoms with Crippen LogP contribution in [0.5, 0.6) is 0 Å². The highest BCUT2D eigenvalue weighted by molar-refractivity contribution is 7.85. The maximum absolute atomic E-state index is 10.4. The quantitative estimate of drug-likeness (QED) is 0.466. The van der Waals surface area contributed by atoms with Gasteiger partial charge in [-0.2, -0.15) is 13.1 Å². The van der Waals surface area contributed by atoms with Crippen LogP contribution in [-0.2, 0) is 14.5 Å². The highest BCUT2D eigenvalue weighted by atomic mass is 32.2. The minimum Gasteiger partial charge on any atom is -0.395 e. The summed E-state index contributed by atoms with van der Waals surface area (Å²) in [5.41, 5.74) is 0. The maximum Gasteiger partial charge on any atom is 0.336 e. The molecule has 1 heterocycles. The van der Waals surface area contributed by atoms with Gasteiger partial charge in [0, 0.05) is 0 Å². The number of rotatable bonds is 1. The summed E-state index contributed by atoms with van der Waals surface area (Å²) in [7, 11) is -3.52. The molecule has 0 amide bonds. The van der Waals surface area contributed by atoms with Crippen LogP contribution in [0.25, 0.3) is 0 Å². The van der Waals surface area contributed by atoms with Gasteiger partial charge in [0.25, 0.3) is 0 Å². The average Bonchev–Trinajstić information content (AvgIpc) is 2.10. The van der Waals surface area contributed by atoms with Crippen molar-refractivity contribution in [2.75, 3.05) is 13.2 Å². The molecule has 9 heavy (non-hydrogen) atoms. The molecule has 1 aliphatic rings. The van der Waals surface area contributed by atoms with E-state index in [1.54, 1.807) is 0 Å². The number of hydrogen-bond donors (Lipinski definition) is 2. The molecule has 0 saturated carbocycles. The van der Waals surface area contributed by atoms with Crippen molar-refractivity contribution in [1.82, 2.24) is 4.72 Å². The molecular weight excluding hydrogens is 146 g/mol. The van der Waals surface area contributed by atoms with Gasteiger partial charge >= 0.3 is 10.3 Å². The van der Waals surface area contributed by atoms with Gasteiger partial charge in [-0.25, -0.2) is 0 Å². The summed E-state index contributed by atoms with van der Waals surface area (Å²) in [6.45, 7) is -0.196. The average molecular weight is 153 g/mol. The van der Waals surface area contributed by atoms with Crippen LogP contribution in [0.3, 0.4) is 0 Å². The molecule has 0 aliphatic carbocycles. The largest absolute Gasteiger partial charge is 0.395 e. The fraction of sp³-hybridized carbons (Fsp3) is 1.00. The first-order valence-electron chi connectivity index (χ1n) is 2.41. The molecule has 1 unspecified atom stereocenters. The summed E-state index contributed by atoms with van der Waals surface area (Å²) in [5.74, 6) is 0. The van der Waals surface area contributed by atoms with Gasteiger partial charge in [-0.3, -0.25) is 4.18 Å². The molecule has 5 nitrogen and oxygen atoms in total.